The molecule has 11 heteroatoms. The topological polar surface area (TPSA) is 108 Å². The van der Waals surface area contributed by atoms with E-state index in [4.69, 9.17) is 25.8 Å². The Morgan fingerprint density at radius 3 is 2.50 bits per heavy atom. The summed E-state index contributed by atoms with van der Waals surface area (Å²) in [6.07, 6.45) is 1.08. The number of rotatable bonds is 8. The molecule has 1 aromatic rings. The van der Waals surface area contributed by atoms with Gasteiger partial charge in [0.1, 0.15) is 6.54 Å². The Hall–Kier alpha value is -2.72. The zero-order valence-electron chi connectivity index (χ0n) is 16.7. The van der Waals surface area contributed by atoms with E-state index in [1.165, 1.54) is 32.4 Å². The van der Waals surface area contributed by atoms with Crippen molar-refractivity contribution in [2.75, 3.05) is 27.4 Å². The minimum absolute atomic E-state index is 0.110. The van der Waals surface area contributed by atoms with Crippen LogP contribution in [-0.4, -0.2) is 61.5 Å². The molecule has 0 atom stereocenters. The van der Waals surface area contributed by atoms with Crippen LogP contribution in [0.4, 0.5) is 4.79 Å². The summed E-state index contributed by atoms with van der Waals surface area (Å²) in [4.78, 5) is 48.6. The molecule has 1 saturated heterocycles. The summed E-state index contributed by atoms with van der Waals surface area (Å²) in [5.74, 6) is -1.54. The zero-order chi connectivity index (χ0) is 22.4. The number of methoxy groups -OCH3 is 2. The first-order chi connectivity index (χ1) is 14.2. The summed E-state index contributed by atoms with van der Waals surface area (Å²) in [5.41, 5.74) is 0.456. The molecule has 0 aromatic heterocycles. The molecule has 0 radical (unpaired) electrons. The number of carbonyl (C=O) groups excluding carboxylic acids is 4. The van der Waals surface area contributed by atoms with Crippen molar-refractivity contribution in [2.24, 2.45) is 0 Å². The van der Waals surface area contributed by atoms with Gasteiger partial charge in [0.15, 0.2) is 18.1 Å². The minimum Gasteiger partial charge on any atom is -0.493 e. The third kappa shape index (κ3) is 5.90. The van der Waals surface area contributed by atoms with Crippen molar-refractivity contribution in [3.63, 3.8) is 0 Å². The van der Waals surface area contributed by atoms with Gasteiger partial charge in [-0.1, -0.05) is 11.6 Å². The van der Waals surface area contributed by atoms with Gasteiger partial charge in [0.2, 0.25) is 0 Å². The first-order valence-electron chi connectivity index (χ1n) is 8.68. The van der Waals surface area contributed by atoms with Crippen molar-refractivity contribution in [1.29, 1.82) is 0 Å². The molecule has 1 heterocycles. The van der Waals surface area contributed by atoms with Crippen LogP contribution in [0.3, 0.4) is 0 Å². The number of carbonyl (C=O) groups is 4. The molecule has 2 rings (SSSR count). The van der Waals surface area contributed by atoms with E-state index in [1.807, 2.05) is 0 Å². The molecule has 0 aliphatic carbocycles. The molecule has 162 valence electrons. The lowest BCUT2D eigenvalue weighted by atomic mass is 10.1. The SMILES string of the molecule is COC(=O)COc1c(Cl)cc(/C=C2/SC(=O)N(CC(=O)OC(C)C)C2=O)cc1OC. The van der Waals surface area contributed by atoms with E-state index in [2.05, 4.69) is 4.74 Å². The highest BCUT2D eigenvalue weighted by Gasteiger charge is 2.36. The maximum absolute atomic E-state index is 12.5. The van der Waals surface area contributed by atoms with Gasteiger partial charge < -0.3 is 18.9 Å². The Bertz CT molecular complexity index is 899. The van der Waals surface area contributed by atoms with Crippen molar-refractivity contribution in [2.45, 2.75) is 20.0 Å². The van der Waals surface area contributed by atoms with Gasteiger partial charge in [-0.3, -0.25) is 19.3 Å². The number of imide groups is 1. The van der Waals surface area contributed by atoms with E-state index < -0.39 is 29.6 Å². The number of hydrogen-bond acceptors (Lipinski definition) is 9. The van der Waals surface area contributed by atoms with Crippen LogP contribution in [0.25, 0.3) is 6.08 Å². The van der Waals surface area contributed by atoms with Gasteiger partial charge in [-0.15, -0.1) is 0 Å². The van der Waals surface area contributed by atoms with E-state index in [0.717, 1.165) is 4.90 Å². The molecule has 1 aliphatic heterocycles. The standard InChI is InChI=1S/C19H20ClNO8S/c1-10(2)29-15(22)8-21-18(24)14(30-19(21)25)7-11-5-12(20)17(13(6-11)26-3)28-9-16(23)27-4/h5-7,10H,8-9H2,1-4H3/b14-7+. The van der Waals surface area contributed by atoms with Crippen molar-refractivity contribution in [3.8, 4) is 11.5 Å². The van der Waals surface area contributed by atoms with Gasteiger partial charge in [0.05, 0.1) is 30.3 Å². The second-order valence-electron chi connectivity index (χ2n) is 6.21. The second-order valence-corrected chi connectivity index (χ2v) is 7.61. The van der Waals surface area contributed by atoms with Gasteiger partial charge in [-0.2, -0.15) is 0 Å². The molecule has 2 amide bonds. The van der Waals surface area contributed by atoms with E-state index >= 15 is 0 Å². The van der Waals surface area contributed by atoms with E-state index in [-0.39, 0.29) is 34.1 Å². The van der Waals surface area contributed by atoms with Crippen LogP contribution in [-0.2, 0) is 23.9 Å². The van der Waals surface area contributed by atoms with Crippen molar-refractivity contribution in [1.82, 2.24) is 4.90 Å². The van der Waals surface area contributed by atoms with E-state index in [0.29, 0.717) is 17.3 Å². The van der Waals surface area contributed by atoms with E-state index in [1.54, 1.807) is 13.8 Å². The lowest BCUT2D eigenvalue weighted by Gasteiger charge is -2.13. The van der Waals surface area contributed by atoms with Crippen molar-refractivity contribution >= 4 is 52.5 Å². The summed E-state index contributed by atoms with van der Waals surface area (Å²) in [5, 5.41) is -0.452. The first kappa shape index (κ1) is 23.6. The summed E-state index contributed by atoms with van der Waals surface area (Å²) < 4.78 is 20.0. The van der Waals surface area contributed by atoms with Crippen molar-refractivity contribution < 1.29 is 38.1 Å². The van der Waals surface area contributed by atoms with Gasteiger partial charge in [0, 0.05) is 0 Å². The van der Waals surface area contributed by atoms with Crippen LogP contribution in [0.15, 0.2) is 17.0 Å². The average Bonchev–Trinajstić information content (AvgIpc) is 2.93. The fraction of sp³-hybridized carbons (Fsp3) is 0.368. The molecule has 1 aliphatic rings. The van der Waals surface area contributed by atoms with Crippen molar-refractivity contribution in [3.05, 3.63) is 27.6 Å². The highest BCUT2D eigenvalue weighted by molar-refractivity contribution is 8.18. The number of thioether (sulfide) groups is 1. The van der Waals surface area contributed by atoms with Gasteiger partial charge in [0.25, 0.3) is 11.1 Å². The fourth-order valence-electron chi connectivity index (χ4n) is 2.37. The number of nitrogens with zero attached hydrogens (tertiary/aromatic N) is 1. The Morgan fingerprint density at radius 1 is 1.20 bits per heavy atom. The number of amides is 2. The third-order valence-electron chi connectivity index (χ3n) is 3.64. The molecule has 0 unspecified atom stereocenters. The normalized spacial score (nSPS) is 15.0. The molecule has 1 aromatic carbocycles. The number of hydrogen-bond donors (Lipinski definition) is 0. The van der Waals surface area contributed by atoms with Crippen LogP contribution >= 0.6 is 23.4 Å². The quantitative estimate of drug-likeness (QED) is 0.430. The Kier molecular flexibility index (Phi) is 8.13. The first-order valence-corrected chi connectivity index (χ1v) is 9.87. The molecule has 0 N–H and O–H groups in total. The predicted octanol–water partition coefficient (Wildman–Crippen LogP) is 2.89. The highest BCUT2D eigenvalue weighted by atomic mass is 35.5. The largest absolute Gasteiger partial charge is 0.493 e. The number of benzene rings is 1. The van der Waals surface area contributed by atoms with Crippen LogP contribution in [0.1, 0.15) is 19.4 Å². The van der Waals surface area contributed by atoms with Crippen LogP contribution in [0.2, 0.25) is 5.02 Å². The minimum atomic E-state index is -0.676. The maximum Gasteiger partial charge on any atom is 0.343 e. The zero-order valence-corrected chi connectivity index (χ0v) is 18.3. The molecule has 0 bridgehead atoms. The van der Waals surface area contributed by atoms with Crippen LogP contribution in [0.5, 0.6) is 11.5 Å². The molecule has 0 spiro atoms. The number of ether oxygens (including phenoxy) is 4. The van der Waals surface area contributed by atoms with Crippen LogP contribution in [0, 0.1) is 0 Å². The third-order valence-corrected chi connectivity index (χ3v) is 4.83. The Balaban J connectivity index is 2.22. The molecular weight excluding hydrogens is 438 g/mol. The molecule has 1 fully saturated rings. The maximum atomic E-state index is 12.5. The number of halogens is 1. The fourth-order valence-corrected chi connectivity index (χ4v) is 3.48. The second kappa shape index (κ2) is 10.4. The number of esters is 2. The van der Waals surface area contributed by atoms with Gasteiger partial charge >= 0.3 is 11.9 Å². The summed E-state index contributed by atoms with van der Waals surface area (Å²) >= 11 is 6.91. The van der Waals surface area contributed by atoms with E-state index in [9.17, 15) is 19.2 Å². The molecular formula is C19H20ClNO8S. The smallest absolute Gasteiger partial charge is 0.343 e. The summed E-state index contributed by atoms with van der Waals surface area (Å²) in [7, 11) is 2.61. The van der Waals surface area contributed by atoms with Crippen LogP contribution < -0.4 is 9.47 Å². The Morgan fingerprint density at radius 2 is 1.90 bits per heavy atom. The van der Waals surface area contributed by atoms with Gasteiger partial charge in [-0.25, -0.2) is 4.79 Å². The summed E-state index contributed by atoms with van der Waals surface area (Å²) in [6, 6.07) is 3.01. The highest BCUT2D eigenvalue weighted by Crippen LogP contribution is 2.39. The lowest BCUT2D eigenvalue weighted by molar-refractivity contribution is -0.149. The molecule has 0 saturated carbocycles. The average molecular weight is 458 g/mol. The lowest BCUT2D eigenvalue weighted by Crippen LogP contribution is -2.35. The monoisotopic (exact) mass is 457 g/mol. The molecule has 30 heavy (non-hydrogen) atoms. The summed E-state index contributed by atoms with van der Waals surface area (Å²) in [6.45, 7) is 2.50. The predicted molar refractivity (Wildman–Crippen MR) is 109 cm³/mol. The Labute approximate surface area is 182 Å². The van der Waals surface area contributed by atoms with Gasteiger partial charge in [-0.05, 0) is 49.4 Å². The molecule has 9 nitrogen and oxygen atoms in total.